The third-order valence-corrected chi connectivity index (χ3v) is 2.62. The Morgan fingerprint density at radius 3 is 1.96 bits per heavy atom. The SMILES string of the molecule is CC(C)(C)OC(=O)NC[C@@H](CCCCN)NC(=O)OC(C)(C)C. The van der Waals surface area contributed by atoms with Crippen molar-refractivity contribution < 1.29 is 19.1 Å². The van der Waals surface area contributed by atoms with E-state index in [1.54, 1.807) is 41.5 Å². The molecule has 0 rings (SSSR count). The average molecular weight is 331 g/mol. The van der Waals surface area contributed by atoms with Crippen molar-refractivity contribution in [3.63, 3.8) is 0 Å². The molecule has 0 bridgehead atoms. The van der Waals surface area contributed by atoms with E-state index < -0.39 is 23.4 Å². The highest BCUT2D eigenvalue weighted by Crippen LogP contribution is 2.09. The van der Waals surface area contributed by atoms with Gasteiger partial charge in [0, 0.05) is 12.6 Å². The van der Waals surface area contributed by atoms with E-state index >= 15 is 0 Å². The molecule has 4 N–H and O–H groups in total. The Morgan fingerprint density at radius 2 is 1.48 bits per heavy atom. The van der Waals surface area contributed by atoms with Gasteiger partial charge in [-0.25, -0.2) is 9.59 Å². The van der Waals surface area contributed by atoms with Crippen LogP contribution >= 0.6 is 0 Å². The molecule has 0 radical (unpaired) electrons. The maximum atomic E-state index is 11.9. The number of nitrogens with one attached hydrogen (secondary N) is 2. The predicted octanol–water partition coefficient (Wildman–Crippen LogP) is 2.53. The molecule has 7 heteroatoms. The number of amides is 2. The quantitative estimate of drug-likeness (QED) is 0.622. The standard InChI is InChI=1S/C16H33N3O4/c1-15(2,3)22-13(20)18-11-12(9-7-8-10-17)19-14(21)23-16(4,5)6/h12H,7-11,17H2,1-6H3,(H,18,20)(H,19,21)/t12-/m1/s1. The van der Waals surface area contributed by atoms with Gasteiger partial charge >= 0.3 is 12.2 Å². The van der Waals surface area contributed by atoms with E-state index in [0.717, 1.165) is 12.8 Å². The molecule has 0 heterocycles. The van der Waals surface area contributed by atoms with Gasteiger partial charge in [0.1, 0.15) is 11.2 Å². The maximum Gasteiger partial charge on any atom is 0.407 e. The Kier molecular flexibility index (Phi) is 8.97. The third-order valence-electron chi connectivity index (χ3n) is 2.62. The molecule has 0 saturated heterocycles. The summed E-state index contributed by atoms with van der Waals surface area (Å²) in [5, 5.41) is 5.45. The second kappa shape index (κ2) is 9.60. The predicted molar refractivity (Wildman–Crippen MR) is 90.3 cm³/mol. The van der Waals surface area contributed by atoms with Gasteiger partial charge in [-0.05, 0) is 60.9 Å². The van der Waals surface area contributed by atoms with Gasteiger partial charge in [-0.15, -0.1) is 0 Å². The normalized spacial score (nSPS) is 13.2. The number of hydrogen-bond acceptors (Lipinski definition) is 5. The fraction of sp³-hybridized carbons (Fsp3) is 0.875. The molecule has 0 aliphatic carbocycles. The lowest BCUT2D eigenvalue weighted by Gasteiger charge is -2.25. The number of hydrogen-bond donors (Lipinski definition) is 3. The Balaban J connectivity index is 4.44. The topological polar surface area (TPSA) is 103 Å². The van der Waals surface area contributed by atoms with Crippen LogP contribution in [0, 0.1) is 0 Å². The molecular weight excluding hydrogens is 298 g/mol. The lowest BCUT2D eigenvalue weighted by Crippen LogP contribution is -2.46. The molecule has 0 aliphatic rings. The minimum Gasteiger partial charge on any atom is -0.444 e. The van der Waals surface area contributed by atoms with Crippen LogP contribution in [0.4, 0.5) is 9.59 Å². The largest absolute Gasteiger partial charge is 0.444 e. The Labute approximate surface area is 139 Å². The van der Waals surface area contributed by atoms with Crippen molar-refractivity contribution in [3.8, 4) is 0 Å². The summed E-state index contributed by atoms with van der Waals surface area (Å²) < 4.78 is 10.4. The lowest BCUT2D eigenvalue weighted by atomic mass is 10.1. The molecule has 136 valence electrons. The zero-order chi connectivity index (χ0) is 18.1. The molecular formula is C16H33N3O4. The summed E-state index contributed by atoms with van der Waals surface area (Å²) in [7, 11) is 0. The number of ether oxygens (including phenoxy) is 2. The van der Waals surface area contributed by atoms with Crippen molar-refractivity contribution >= 4 is 12.2 Å². The molecule has 1 atom stereocenters. The van der Waals surface area contributed by atoms with Gasteiger partial charge < -0.3 is 25.8 Å². The summed E-state index contributed by atoms with van der Waals surface area (Å²) in [5.74, 6) is 0. The van der Waals surface area contributed by atoms with Gasteiger partial charge in [-0.3, -0.25) is 0 Å². The van der Waals surface area contributed by atoms with Crippen molar-refractivity contribution in [1.29, 1.82) is 0 Å². The molecule has 0 unspecified atom stereocenters. The number of unbranched alkanes of at least 4 members (excludes halogenated alkanes) is 1. The highest BCUT2D eigenvalue weighted by Gasteiger charge is 2.21. The van der Waals surface area contributed by atoms with Gasteiger partial charge in [0.05, 0.1) is 0 Å². The van der Waals surface area contributed by atoms with Crippen LogP contribution in [-0.2, 0) is 9.47 Å². The summed E-state index contributed by atoms with van der Waals surface area (Å²) in [6, 6.07) is -0.232. The van der Waals surface area contributed by atoms with E-state index in [9.17, 15) is 9.59 Å². The van der Waals surface area contributed by atoms with E-state index in [4.69, 9.17) is 15.2 Å². The highest BCUT2D eigenvalue weighted by molar-refractivity contribution is 5.69. The molecule has 0 aliphatic heterocycles. The number of nitrogens with two attached hydrogens (primary N) is 1. The summed E-state index contributed by atoms with van der Waals surface area (Å²) in [5.41, 5.74) is 4.37. The second-order valence-electron chi connectivity index (χ2n) is 7.51. The Morgan fingerprint density at radius 1 is 0.957 bits per heavy atom. The first-order valence-corrected chi connectivity index (χ1v) is 8.09. The van der Waals surface area contributed by atoms with Gasteiger partial charge in [-0.1, -0.05) is 6.42 Å². The average Bonchev–Trinajstić information content (AvgIpc) is 2.31. The zero-order valence-corrected chi connectivity index (χ0v) is 15.3. The van der Waals surface area contributed by atoms with Crippen LogP contribution in [0.3, 0.4) is 0 Å². The van der Waals surface area contributed by atoms with Gasteiger partial charge in [0.15, 0.2) is 0 Å². The fourth-order valence-corrected chi connectivity index (χ4v) is 1.76. The monoisotopic (exact) mass is 331 g/mol. The molecule has 0 saturated carbocycles. The molecule has 0 aromatic rings. The number of alkyl carbamates (subject to hydrolysis) is 2. The first-order valence-electron chi connectivity index (χ1n) is 8.09. The zero-order valence-electron chi connectivity index (χ0n) is 15.3. The summed E-state index contributed by atoms with van der Waals surface area (Å²) in [4.78, 5) is 23.6. The van der Waals surface area contributed by atoms with Crippen LogP contribution in [0.25, 0.3) is 0 Å². The van der Waals surface area contributed by atoms with Crippen LogP contribution in [0.1, 0.15) is 60.8 Å². The summed E-state index contributed by atoms with van der Waals surface area (Å²) in [6.45, 7) is 11.7. The van der Waals surface area contributed by atoms with Gasteiger partial charge in [-0.2, -0.15) is 0 Å². The van der Waals surface area contributed by atoms with Crippen LogP contribution < -0.4 is 16.4 Å². The molecule has 7 nitrogen and oxygen atoms in total. The van der Waals surface area contributed by atoms with Crippen LogP contribution in [-0.4, -0.2) is 42.5 Å². The molecule has 0 aromatic carbocycles. The van der Waals surface area contributed by atoms with Crippen molar-refractivity contribution in [2.24, 2.45) is 5.73 Å². The number of carbonyl (C=O) groups is 2. The van der Waals surface area contributed by atoms with Crippen molar-refractivity contribution in [2.75, 3.05) is 13.1 Å². The number of carbonyl (C=O) groups excluding carboxylic acids is 2. The van der Waals surface area contributed by atoms with Crippen molar-refractivity contribution in [2.45, 2.75) is 78.0 Å². The van der Waals surface area contributed by atoms with E-state index in [-0.39, 0.29) is 12.6 Å². The third kappa shape index (κ3) is 13.9. The smallest absolute Gasteiger partial charge is 0.407 e. The van der Waals surface area contributed by atoms with Gasteiger partial charge in [0.2, 0.25) is 0 Å². The Bertz CT molecular complexity index is 373. The lowest BCUT2D eigenvalue weighted by molar-refractivity contribution is 0.0460. The maximum absolute atomic E-state index is 11.9. The van der Waals surface area contributed by atoms with Crippen LogP contribution in [0.15, 0.2) is 0 Å². The van der Waals surface area contributed by atoms with E-state index in [0.29, 0.717) is 13.0 Å². The van der Waals surface area contributed by atoms with Crippen LogP contribution in [0.2, 0.25) is 0 Å². The fourth-order valence-electron chi connectivity index (χ4n) is 1.76. The summed E-state index contributed by atoms with van der Waals surface area (Å²) >= 11 is 0. The molecule has 0 aromatic heterocycles. The minimum atomic E-state index is -0.565. The van der Waals surface area contributed by atoms with Gasteiger partial charge in [0.25, 0.3) is 0 Å². The van der Waals surface area contributed by atoms with Crippen molar-refractivity contribution in [3.05, 3.63) is 0 Å². The highest BCUT2D eigenvalue weighted by atomic mass is 16.6. The Hall–Kier alpha value is -1.50. The van der Waals surface area contributed by atoms with Crippen LogP contribution in [0.5, 0.6) is 0 Å². The molecule has 0 spiro atoms. The molecule has 23 heavy (non-hydrogen) atoms. The van der Waals surface area contributed by atoms with Crippen molar-refractivity contribution in [1.82, 2.24) is 10.6 Å². The molecule has 0 fully saturated rings. The summed E-state index contributed by atoms with van der Waals surface area (Å²) in [6.07, 6.45) is 1.41. The first-order chi connectivity index (χ1) is 10.4. The second-order valence-corrected chi connectivity index (χ2v) is 7.51. The van der Waals surface area contributed by atoms with E-state index in [1.165, 1.54) is 0 Å². The molecule has 2 amide bonds. The van der Waals surface area contributed by atoms with E-state index in [1.807, 2.05) is 0 Å². The minimum absolute atomic E-state index is 0.232. The first kappa shape index (κ1) is 21.5. The van der Waals surface area contributed by atoms with E-state index in [2.05, 4.69) is 10.6 Å². The number of rotatable bonds is 7.